The fraction of sp³-hybridized carbons (Fsp3) is 0.517. The van der Waals surface area contributed by atoms with Gasteiger partial charge in [-0.25, -0.2) is 9.97 Å². The molecular weight excluding hydrogens is 649 g/mol. The van der Waals surface area contributed by atoms with Crippen LogP contribution in [-0.4, -0.2) is 88.1 Å². The summed E-state index contributed by atoms with van der Waals surface area (Å²) in [6.45, 7) is 4.73. The smallest absolute Gasteiger partial charge is 0.302 e. The monoisotopic (exact) mass is 685 g/mol. The lowest BCUT2D eigenvalue weighted by atomic mass is 9.88. The molecule has 2 aromatic rings. The number of likely N-dealkylation sites (tertiary alicyclic amines) is 2. The number of carbonyl (C=O) groups is 3. The number of nitrogens with two attached hydrogens (primary N) is 2. The number of guanidine groups is 1. The minimum Gasteiger partial charge on any atom is -0.382 e. The molecule has 2 unspecified atom stereocenters. The number of nitrogens with one attached hydrogen (secondary N) is 2. The van der Waals surface area contributed by atoms with E-state index in [1.165, 1.54) is 5.56 Å². The number of hydrogen-bond acceptors (Lipinski definition) is 8. The molecule has 3 saturated heterocycles. The number of nitrogen functional groups attached to an aromatic ring is 2. The summed E-state index contributed by atoms with van der Waals surface area (Å²) in [7, 11) is 0. The van der Waals surface area contributed by atoms with E-state index in [9.17, 15) is 14.4 Å². The van der Waals surface area contributed by atoms with Gasteiger partial charge in [0.15, 0.2) is 29.1 Å². The Morgan fingerprint density at radius 3 is 2.60 bits per heavy atom. The molecule has 2 amide bonds. The summed E-state index contributed by atoms with van der Waals surface area (Å²) in [5.74, 6) is 1.25. The van der Waals surface area contributed by atoms with Crippen molar-refractivity contribution in [2.75, 3.05) is 50.7 Å². The standard InChI is InChI=1S/C29H36IN9O3/c30-24-26(32)35-25(31)23(34-24)27(42)36-28-33-16-29(37-28)7-10-39(11-8-29)22(41)6-3-9-38-14-18-12-17-4-1-2-5-20(17)21(40)13-19(18)15-38/h1-2,4-5,18-19H,3,6-16H2,(H4,31,32,35)(H2,33,36,37,42). The van der Waals surface area contributed by atoms with Crippen LogP contribution in [0.3, 0.4) is 0 Å². The molecule has 6 rings (SSSR count). The Balaban J connectivity index is 0.950. The van der Waals surface area contributed by atoms with Gasteiger partial charge in [0.05, 0.1) is 5.54 Å². The van der Waals surface area contributed by atoms with Crippen LogP contribution in [0, 0.1) is 15.5 Å². The Labute approximate surface area is 258 Å². The maximum atomic E-state index is 13.0. The van der Waals surface area contributed by atoms with Gasteiger partial charge in [-0.05, 0) is 72.2 Å². The number of Topliss-reactive ketones (excluding diaryl/α,β-unsaturated/α-hetero) is 1. The van der Waals surface area contributed by atoms with Crippen LogP contribution in [0.15, 0.2) is 29.3 Å². The number of hydrogen-bond donors (Lipinski definition) is 4. The average molecular weight is 686 g/mol. The minimum atomic E-state index is -0.596. The van der Waals surface area contributed by atoms with Gasteiger partial charge in [-0.3, -0.25) is 14.4 Å². The molecule has 1 aliphatic carbocycles. The van der Waals surface area contributed by atoms with Crippen molar-refractivity contribution in [2.24, 2.45) is 16.8 Å². The highest BCUT2D eigenvalue weighted by Crippen LogP contribution is 2.35. The van der Waals surface area contributed by atoms with Crippen LogP contribution in [0.1, 0.15) is 58.5 Å². The second-order valence-electron chi connectivity index (χ2n) is 11.9. The average Bonchev–Trinajstić information content (AvgIpc) is 3.50. The molecule has 4 heterocycles. The van der Waals surface area contributed by atoms with Crippen molar-refractivity contribution in [1.82, 2.24) is 30.4 Å². The molecule has 2 atom stereocenters. The Hall–Kier alpha value is -3.33. The lowest BCUT2D eigenvalue weighted by molar-refractivity contribution is -0.132. The van der Waals surface area contributed by atoms with E-state index in [2.05, 4.69) is 36.6 Å². The molecule has 222 valence electrons. The quantitative estimate of drug-likeness (QED) is 0.338. The predicted octanol–water partition coefficient (Wildman–Crippen LogP) is 1.45. The van der Waals surface area contributed by atoms with Crippen LogP contribution in [0.2, 0.25) is 0 Å². The molecule has 42 heavy (non-hydrogen) atoms. The summed E-state index contributed by atoms with van der Waals surface area (Å²) in [4.78, 5) is 55.1. The van der Waals surface area contributed by atoms with Crippen molar-refractivity contribution in [3.63, 3.8) is 0 Å². The SMILES string of the molecule is Nc1nc(N)c(C(=O)/N=C2\NCC3(CCN(C(=O)CCCN4CC5CC(=O)c6ccccc6CC5C4)CC3)N2)nc1I. The van der Waals surface area contributed by atoms with Gasteiger partial charge in [0.1, 0.15) is 3.70 Å². The zero-order valence-electron chi connectivity index (χ0n) is 23.4. The van der Waals surface area contributed by atoms with Crippen LogP contribution >= 0.6 is 22.6 Å². The third-order valence-electron chi connectivity index (χ3n) is 9.14. The summed E-state index contributed by atoms with van der Waals surface area (Å²) in [5, 5.41) is 6.54. The van der Waals surface area contributed by atoms with E-state index in [1.54, 1.807) is 0 Å². The molecule has 1 aromatic heterocycles. The summed E-state index contributed by atoms with van der Waals surface area (Å²) in [6.07, 6.45) is 4.44. The molecule has 6 N–H and O–H groups in total. The third kappa shape index (κ3) is 5.93. The number of carbonyl (C=O) groups excluding carboxylic acids is 3. The van der Waals surface area contributed by atoms with Crippen LogP contribution < -0.4 is 22.1 Å². The number of aliphatic imine (C=N–C) groups is 1. The molecule has 12 nitrogen and oxygen atoms in total. The zero-order chi connectivity index (χ0) is 29.4. The van der Waals surface area contributed by atoms with Crippen molar-refractivity contribution in [1.29, 1.82) is 0 Å². The second-order valence-corrected chi connectivity index (χ2v) is 12.9. The van der Waals surface area contributed by atoms with Gasteiger partial charge in [-0.2, -0.15) is 4.99 Å². The topological polar surface area (TPSA) is 172 Å². The highest BCUT2D eigenvalue weighted by Gasteiger charge is 2.41. The number of rotatable bonds is 5. The van der Waals surface area contributed by atoms with Crippen LogP contribution in [0.4, 0.5) is 11.6 Å². The van der Waals surface area contributed by atoms with E-state index in [0.29, 0.717) is 54.0 Å². The van der Waals surface area contributed by atoms with E-state index < -0.39 is 5.91 Å². The van der Waals surface area contributed by atoms with Gasteiger partial charge in [0.25, 0.3) is 0 Å². The Kier molecular flexibility index (Phi) is 8.05. The van der Waals surface area contributed by atoms with Crippen LogP contribution in [0.5, 0.6) is 0 Å². The first-order chi connectivity index (χ1) is 20.2. The number of anilines is 2. The summed E-state index contributed by atoms with van der Waals surface area (Å²) < 4.78 is 0.391. The molecular formula is C29H36IN9O3. The molecule has 1 aromatic carbocycles. The van der Waals surface area contributed by atoms with Gasteiger partial charge in [0.2, 0.25) is 5.91 Å². The first-order valence-electron chi connectivity index (χ1n) is 14.5. The number of fused-ring (bicyclic) bond motifs is 2. The fourth-order valence-electron chi connectivity index (χ4n) is 6.79. The van der Waals surface area contributed by atoms with Crippen molar-refractivity contribution in [2.45, 2.75) is 44.1 Å². The molecule has 3 fully saturated rings. The van der Waals surface area contributed by atoms with Gasteiger partial charge >= 0.3 is 5.91 Å². The highest BCUT2D eigenvalue weighted by molar-refractivity contribution is 14.1. The lowest BCUT2D eigenvalue weighted by Gasteiger charge is -2.38. The summed E-state index contributed by atoms with van der Waals surface area (Å²) in [5.41, 5.74) is 13.3. The Morgan fingerprint density at radius 2 is 1.81 bits per heavy atom. The van der Waals surface area contributed by atoms with E-state index in [1.807, 2.05) is 45.7 Å². The van der Waals surface area contributed by atoms with Crippen molar-refractivity contribution in [3.05, 3.63) is 44.8 Å². The van der Waals surface area contributed by atoms with Crippen molar-refractivity contribution in [3.8, 4) is 0 Å². The zero-order valence-corrected chi connectivity index (χ0v) is 25.6. The molecule has 1 spiro atoms. The normalized spacial score (nSPS) is 24.2. The molecule has 4 aliphatic rings. The molecule has 0 bridgehead atoms. The third-order valence-corrected chi connectivity index (χ3v) is 9.93. The molecule has 0 saturated carbocycles. The minimum absolute atomic E-state index is 0.0342. The highest BCUT2D eigenvalue weighted by atomic mass is 127. The van der Waals surface area contributed by atoms with E-state index in [0.717, 1.165) is 50.9 Å². The van der Waals surface area contributed by atoms with Gasteiger partial charge in [0, 0.05) is 51.1 Å². The lowest BCUT2D eigenvalue weighted by Crippen LogP contribution is -2.53. The first kappa shape index (κ1) is 28.8. The van der Waals surface area contributed by atoms with Gasteiger partial charge < -0.3 is 31.9 Å². The number of piperidine rings is 1. The maximum Gasteiger partial charge on any atom is 0.302 e. The van der Waals surface area contributed by atoms with Crippen LogP contribution in [-0.2, 0) is 11.2 Å². The fourth-order valence-corrected chi connectivity index (χ4v) is 7.16. The number of ketones is 1. The summed E-state index contributed by atoms with van der Waals surface area (Å²) >= 11 is 1.90. The number of amides is 2. The molecule has 0 radical (unpaired) electrons. The largest absolute Gasteiger partial charge is 0.382 e. The van der Waals surface area contributed by atoms with Crippen molar-refractivity contribution < 1.29 is 14.4 Å². The van der Waals surface area contributed by atoms with Crippen LogP contribution in [0.25, 0.3) is 0 Å². The number of benzene rings is 1. The second kappa shape index (κ2) is 11.7. The van der Waals surface area contributed by atoms with Gasteiger partial charge in [-0.1, -0.05) is 24.3 Å². The van der Waals surface area contributed by atoms with E-state index in [4.69, 9.17) is 11.5 Å². The number of nitrogens with zero attached hydrogens (tertiary/aromatic N) is 5. The Bertz CT molecular complexity index is 1440. The van der Waals surface area contributed by atoms with Gasteiger partial charge in [-0.15, -0.1) is 0 Å². The number of aromatic nitrogens is 2. The number of halogens is 1. The molecule has 13 heteroatoms. The maximum absolute atomic E-state index is 13.0. The van der Waals surface area contributed by atoms with E-state index >= 15 is 0 Å². The van der Waals surface area contributed by atoms with E-state index in [-0.39, 0.29) is 34.6 Å². The predicted molar refractivity (Wildman–Crippen MR) is 167 cm³/mol. The first-order valence-corrected chi connectivity index (χ1v) is 15.6. The van der Waals surface area contributed by atoms with Crippen molar-refractivity contribution >= 4 is 57.8 Å². The summed E-state index contributed by atoms with van der Waals surface area (Å²) in [6, 6.07) is 8.04. The molecule has 3 aliphatic heterocycles. The Morgan fingerprint density at radius 1 is 1.07 bits per heavy atom.